The van der Waals surface area contributed by atoms with E-state index < -0.39 is 5.97 Å². The highest BCUT2D eigenvalue weighted by molar-refractivity contribution is 5.89. The fourth-order valence-electron chi connectivity index (χ4n) is 2.77. The van der Waals surface area contributed by atoms with Crippen LogP contribution in [0.4, 0.5) is 0 Å². The number of piperazine rings is 1. The number of methoxy groups -OCH3 is 1. The third kappa shape index (κ3) is 2.69. The minimum absolute atomic E-state index is 0.306. The van der Waals surface area contributed by atoms with Crippen molar-refractivity contribution >= 4 is 17.1 Å². The largest absolute Gasteiger partial charge is 0.464 e. The van der Waals surface area contributed by atoms with E-state index in [-0.39, 0.29) is 0 Å². The van der Waals surface area contributed by atoms with Gasteiger partial charge < -0.3 is 14.6 Å². The molecule has 0 amide bonds. The molecule has 2 aromatic rings. The first-order chi connectivity index (χ1) is 10.6. The number of nitrogens with zero attached hydrogens (tertiary/aromatic N) is 4. The van der Waals surface area contributed by atoms with Gasteiger partial charge in [-0.1, -0.05) is 0 Å². The summed E-state index contributed by atoms with van der Waals surface area (Å²) < 4.78 is 6.68. The topological polar surface area (TPSA) is 72.3 Å². The predicted molar refractivity (Wildman–Crippen MR) is 82.6 cm³/mol. The van der Waals surface area contributed by atoms with Crippen LogP contribution in [0.1, 0.15) is 23.2 Å². The summed E-state index contributed by atoms with van der Waals surface area (Å²) in [6.07, 6.45) is 0. The normalized spacial score (nSPS) is 19.5. The molecule has 1 atom stereocenters. The molecule has 1 aliphatic rings. The maximum atomic E-state index is 11.6. The molecule has 0 bridgehead atoms. The molecule has 0 unspecified atom stereocenters. The Hall–Kier alpha value is -1.99. The molecule has 7 heteroatoms. The first-order valence-electron chi connectivity index (χ1n) is 7.45. The summed E-state index contributed by atoms with van der Waals surface area (Å²) in [5, 5.41) is 3.39. The number of ether oxygens (including phenoxy) is 1. The smallest absolute Gasteiger partial charge is 0.356 e. The Bertz CT molecular complexity index is 697. The van der Waals surface area contributed by atoms with E-state index in [0.717, 1.165) is 37.5 Å². The lowest BCUT2D eigenvalue weighted by Gasteiger charge is -2.33. The van der Waals surface area contributed by atoms with Gasteiger partial charge in [0.05, 0.1) is 13.7 Å². The zero-order valence-electron chi connectivity index (χ0n) is 13.2. The van der Waals surface area contributed by atoms with Crippen molar-refractivity contribution in [1.29, 1.82) is 0 Å². The highest BCUT2D eigenvalue weighted by Gasteiger charge is 2.21. The van der Waals surface area contributed by atoms with Crippen molar-refractivity contribution in [3.8, 4) is 0 Å². The maximum absolute atomic E-state index is 11.6. The second kappa shape index (κ2) is 6.02. The molecule has 0 saturated carbocycles. The van der Waals surface area contributed by atoms with Crippen LogP contribution in [0.5, 0.6) is 0 Å². The average molecular weight is 303 g/mol. The Morgan fingerprint density at radius 1 is 1.45 bits per heavy atom. The van der Waals surface area contributed by atoms with Crippen molar-refractivity contribution in [1.82, 2.24) is 24.8 Å². The first kappa shape index (κ1) is 14.9. The first-order valence-corrected chi connectivity index (χ1v) is 7.45. The van der Waals surface area contributed by atoms with Crippen molar-refractivity contribution < 1.29 is 9.53 Å². The zero-order chi connectivity index (χ0) is 15.7. The van der Waals surface area contributed by atoms with Crippen LogP contribution in [0.25, 0.3) is 11.2 Å². The van der Waals surface area contributed by atoms with Gasteiger partial charge in [-0.3, -0.25) is 4.90 Å². The highest BCUT2D eigenvalue weighted by Crippen LogP contribution is 2.16. The Kier molecular flexibility index (Phi) is 4.08. The summed E-state index contributed by atoms with van der Waals surface area (Å²) in [7, 11) is 3.29. The lowest BCUT2D eigenvalue weighted by molar-refractivity contribution is 0.0594. The minimum Gasteiger partial charge on any atom is -0.464 e. The summed E-state index contributed by atoms with van der Waals surface area (Å²) in [5.41, 5.74) is 1.81. The Balaban J connectivity index is 1.90. The summed E-state index contributed by atoms with van der Waals surface area (Å²) in [6, 6.07) is 3.95. The summed E-state index contributed by atoms with van der Waals surface area (Å²) in [4.78, 5) is 23.0. The van der Waals surface area contributed by atoms with E-state index in [1.807, 2.05) is 17.7 Å². The van der Waals surface area contributed by atoms with Gasteiger partial charge in [0.15, 0.2) is 11.3 Å². The number of esters is 1. The van der Waals surface area contributed by atoms with Crippen LogP contribution in [-0.2, 0) is 18.3 Å². The molecule has 1 aliphatic heterocycles. The van der Waals surface area contributed by atoms with E-state index in [4.69, 9.17) is 4.74 Å². The number of hydrogen-bond acceptors (Lipinski definition) is 6. The van der Waals surface area contributed by atoms with Crippen LogP contribution in [0.2, 0.25) is 0 Å². The monoisotopic (exact) mass is 303 g/mol. The molecule has 1 fully saturated rings. The van der Waals surface area contributed by atoms with Crippen molar-refractivity contribution in [3.63, 3.8) is 0 Å². The van der Waals surface area contributed by atoms with Gasteiger partial charge in [-0.2, -0.15) is 0 Å². The molecule has 1 N–H and O–H groups in total. The van der Waals surface area contributed by atoms with Gasteiger partial charge in [0.1, 0.15) is 11.3 Å². The lowest BCUT2D eigenvalue weighted by Crippen LogP contribution is -2.49. The van der Waals surface area contributed by atoms with Crippen molar-refractivity contribution in [2.75, 3.05) is 26.7 Å². The molecule has 3 heterocycles. The molecular weight excluding hydrogens is 282 g/mol. The van der Waals surface area contributed by atoms with Gasteiger partial charge in [-0.05, 0) is 19.1 Å². The molecule has 3 rings (SSSR count). The van der Waals surface area contributed by atoms with E-state index in [2.05, 4.69) is 27.1 Å². The number of carbonyl (C=O) groups excluding carboxylic acids is 1. The quantitative estimate of drug-likeness (QED) is 0.835. The van der Waals surface area contributed by atoms with Gasteiger partial charge in [0, 0.05) is 32.7 Å². The lowest BCUT2D eigenvalue weighted by atomic mass is 10.2. The summed E-state index contributed by atoms with van der Waals surface area (Å²) in [6.45, 7) is 5.99. The number of hydrogen-bond donors (Lipinski definition) is 1. The van der Waals surface area contributed by atoms with Gasteiger partial charge in [-0.25, -0.2) is 14.8 Å². The van der Waals surface area contributed by atoms with Gasteiger partial charge in [0.25, 0.3) is 0 Å². The SMILES string of the molecule is COC(=O)c1ccc2nc(CN3CCNC[C@@H]3C)n(C)c2n1. The van der Waals surface area contributed by atoms with Gasteiger partial charge >= 0.3 is 5.97 Å². The molecule has 2 aromatic heterocycles. The molecule has 0 radical (unpaired) electrons. The second-order valence-corrected chi connectivity index (χ2v) is 5.64. The highest BCUT2D eigenvalue weighted by atomic mass is 16.5. The minimum atomic E-state index is -0.430. The number of nitrogens with one attached hydrogen (secondary N) is 1. The third-order valence-electron chi connectivity index (χ3n) is 4.19. The van der Waals surface area contributed by atoms with Crippen molar-refractivity contribution in [3.05, 3.63) is 23.7 Å². The van der Waals surface area contributed by atoms with Crippen LogP contribution < -0.4 is 5.32 Å². The summed E-state index contributed by atoms with van der Waals surface area (Å²) >= 11 is 0. The van der Waals surface area contributed by atoms with Crippen molar-refractivity contribution in [2.45, 2.75) is 19.5 Å². The van der Waals surface area contributed by atoms with Crippen LogP contribution in [0.3, 0.4) is 0 Å². The van der Waals surface area contributed by atoms with Gasteiger partial charge in [-0.15, -0.1) is 0 Å². The number of pyridine rings is 1. The summed E-state index contributed by atoms with van der Waals surface area (Å²) in [5.74, 6) is 0.527. The molecule has 22 heavy (non-hydrogen) atoms. The third-order valence-corrected chi connectivity index (χ3v) is 4.19. The number of rotatable bonds is 3. The second-order valence-electron chi connectivity index (χ2n) is 5.64. The average Bonchev–Trinajstić information content (AvgIpc) is 2.84. The van der Waals surface area contributed by atoms with E-state index in [1.54, 1.807) is 6.07 Å². The predicted octanol–water partition coefficient (Wildman–Crippen LogP) is 0.549. The van der Waals surface area contributed by atoms with Crippen LogP contribution in [0, 0.1) is 0 Å². The fraction of sp³-hybridized carbons (Fsp3) is 0.533. The molecule has 0 aromatic carbocycles. The van der Waals surface area contributed by atoms with Crippen LogP contribution >= 0.6 is 0 Å². The van der Waals surface area contributed by atoms with E-state index >= 15 is 0 Å². The van der Waals surface area contributed by atoms with E-state index in [9.17, 15) is 4.79 Å². The number of carbonyl (C=O) groups is 1. The molecule has 118 valence electrons. The van der Waals surface area contributed by atoms with Crippen LogP contribution in [0.15, 0.2) is 12.1 Å². The Morgan fingerprint density at radius 3 is 3.00 bits per heavy atom. The Morgan fingerprint density at radius 2 is 2.27 bits per heavy atom. The van der Waals surface area contributed by atoms with Gasteiger partial charge in [0.2, 0.25) is 0 Å². The standard InChI is InChI=1S/C15H21N5O2/c1-10-8-16-6-7-20(10)9-13-17-11-4-5-12(15(21)22-3)18-14(11)19(13)2/h4-5,10,16H,6-9H2,1-3H3/t10-/m0/s1. The molecule has 1 saturated heterocycles. The fourth-order valence-corrected chi connectivity index (χ4v) is 2.77. The number of imidazole rings is 1. The zero-order valence-corrected chi connectivity index (χ0v) is 13.2. The van der Waals surface area contributed by atoms with Crippen molar-refractivity contribution in [2.24, 2.45) is 7.05 Å². The van der Waals surface area contributed by atoms with E-state index in [0.29, 0.717) is 17.4 Å². The maximum Gasteiger partial charge on any atom is 0.356 e. The molecule has 0 spiro atoms. The van der Waals surface area contributed by atoms with Crippen LogP contribution in [-0.4, -0.2) is 58.2 Å². The number of fused-ring (bicyclic) bond motifs is 1. The molecule has 7 nitrogen and oxygen atoms in total. The molecular formula is C15H21N5O2. The number of aryl methyl sites for hydroxylation is 1. The molecule has 0 aliphatic carbocycles. The number of aromatic nitrogens is 3. The van der Waals surface area contributed by atoms with E-state index in [1.165, 1.54) is 7.11 Å². The Labute approximate surface area is 129 Å².